The van der Waals surface area contributed by atoms with Crippen LogP contribution in [0.4, 0.5) is 0 Å². The van der Waals surface area contributed by atoms with Crippen molar-refractivity contribution >= 4 is 73.9 Å². The molecule has 0 saturated heterocycles. The summed E-state index contributed by atoms with van der Waals surface area (Å²) < 4.78 is 5.77. The zero-order valence-corrected chi connectivity index (χ0v) is 16.6. The summed E-state index contributed by atoms with van der Waals surface area (Å²) in [5.74, 6) is -0.267. The minimum atomic E-state index is -0.606. The second-order valence-corrected chi connectivity index (χ2v) is 7.55. The number of benzene rings is 4. The van der Waals surface area contributed by atoms with E-state index in [0.717, 1.165) is 10.8 Å². The lowest BCUT2D eigenvalue weighted by atomic mass is 10.0. The van der Waals surface area contributed by atoms with Crippen LogP contribution in [0, 0.1) is 0 Å². The predicted molar refractivity (Wildman–Crippen MR) is 113 cm³/mol. The second-order valence-electron chi connectivity index (χ2n) is 5.89. The van der Waals surface area contributed by atoms with Crippen molar-refractivity contribution in [3.8, 4) is 5.75 Å². The largest absolute Gasteiger partial charge is 0.422 e. The Kier molecular flexibility index (Phi) is 4.92. The Balaban J connectivity index is 1.96. The summed E-state index contributed by atoms with van der Waals surface area (Å²) in [6.07, 6.45) is 0. The number of esters is 1. The number of hydrogen-bond acceptors (Lipinski definition) is 2. The van der Waals surface area contributed by atoms with Gasteiger partial charge in [0.2, 0.25) is 0 Å². The Bertz CT molecular complexity index is 1220. The maximum Gasteiger partial charge on any atom is 0.345 e. The maximum atomic E-state index is 12.8. The highest BCUT2D eigenvalue weighted by Gasteiger charge is 2.19. The van der Waals surface area contributed by atoms with Crippen LogP contribution in [0.5, 0.6) is 5.75 Å². The van der Waals surface area contributed by atoms with Gasteiger partial charge < -0.3 is 4.74 Å². The van der Waals surface area contributed by atoms with E-state index in [9.17, 15) is 4.79 Å². The van der Waals surface area contributed by atoms with Crippen LogP contribution >= 0.6 is 46.4 Å². The number of carbonyl (C=O) groups excluding carboxylic acids is 1. The molecule has 0 aliphatic rings. The van der Waals surface area contributed by atoms with Gasteiger partial charge in [-0.25, -0.2) is 4.79 Å². The predicted octanol–water partition coefficient (Wildman–Crippen LogP) is 7.83. The van der Waals surface area contributed by atoms with E-state index in [4.69, 9.17) is 51.1 Å². The molecule has 0 aromatic heterocycles. The van der Waals surface area contributed by atoms with E-state index in [0.29, 0.717) is 31.6 Å². The molecule has 2 nitrogen and oxygen atoms in total. The van der Waals surface area contributed by atoms with Gasteiger partial charge in [-0.15, -0.1) is 0 Å². The van der Waals surface area contributed by atoms with Crippen molar-refractivity contribution in [1.82, 2.24) is 0 Å². The molecular formula is C21H10Cl4O2. The summed E-state index contributed by atoms with van der Waals surface area (Å²) in [6, 6.07) is 17.4. The van der Waals surface area contributed by atoms with E-state index in [2.05, 4.69) is 0 Å². The van der Waals surface area contributed by atoms with E-state index in [1.54, 1.807) is 24.3 Å². The maximum absolute atomic E-state index is 12.8. The molecule has 0 atom stereocenters. The van der Waals surface area contributed by atoms with Gasteiger partial charge in [0, 0.05) is 26.2 Å². The number of carbonyl (C=O) groups is 1. The van der Waals surface area contributed by atoms with E-state index in [1.165, 1.54) is 12.1 Å². The lowest BCUT2D eigenvalue weighted by Crippen LogP contribution is -2.10. The Hall–Kier alpha value is -1.97. The number of rotatable bonds is 2. The average Bonchev–Trinajstić information content (AvgIpc) is 2.62. The number of halogens is 4. The molecule has 0 N–H and O–H groups in total. The van der Waals surface area contributed by atoms with Crippen LogP contribution in [0.25, 0.3) is 21.5 Å². The van der Waals surface area contributed by atoms with Crippen LogP contribution in [0.1, 0.15) is 10.4 Å². The van der Waals surface area contributed by atoms with Gasteiger partial charge in [0.1, 0.15) is 5.75 Å². The first-order valence-electron chi connectivity index (χ1n) is 7.92. The molecule has 0 radical (unpaired) electrons. The quantitative estimate of drug-likeness (QED) is 0.182. The summed E-state index contributed by atoms with van der Waals surface area (Å²) >= 11 is 24.8. The number of hydrogen-bond donors (Lipinski definition) is 0. The molecule has 27 heavy (non-hydrogen) atoms. The standard InChI is InChI=1S/C21H10Cl4O2/c22-12-7-8-14(18(25)10-12)21(26)27-20-13-4-2-5-16(23)15(13)9-11-3-1-6-17(24)19(11)20/h1-10H. The van der Waals surface area contributed by atoms with Crippen molar-refractivity contribution in [3.05, 3.63) is 86.3 Å². The fraction of sp³-hybridized carbons (Fsp3) is 0. The molecule has 0 aliphatic heterocycles. The Morgan fingerprint density at radius 1 is 0.741 bits per heavy atom. The van der Waals surface area contributed by atoms with Gasteiger partial charge in [0.15, 0.2) is 0 Å². The first-order valence-corrected chi connectivity index (χ1v) is 9.43. The lowest BCUT2D eigenvalue weighted by molar-refractivity contribution is 0.0739. The Labute approximate surface area is 175 Å². The molecular weight excluding hydrogens is 426 g/mol. The summed E-state index contributed by atoms with van der Waals surface area (Å²) in [5, 5.41) is 4.56. The van der Waals surface area contributed by atoms with Crippen molar-refractivity contribution in [1.29, 1.82) is 0 Å². The third kappa shape index (κ3) is 3.35. The first-order chi connectivity index (χ1) is 13.0. The molecule has 4 rings (SSSR count). The summed E-state index contributed by atoms with van der Waals surface area (Å²) in [5.41, 5.74) is 0.209. The molecule has 4 aromatic carbocycles. The van der Waals surface area contributed by atoms with E-state index in [1.807, 2.05) is 24.3 Å². The van der Waals surface area contributed by atoms with E-state index < -0.39 is 5.97 Å². The molecule has 4 aromatic rings. The van der Waals surface area contributed by atoms with Gasteiger partial charge in [-0.2, -0.15) is 0 Å². The van der Waals surface area contributed by atoms with Gasteiger partial charge in [-0.3, -0.25) is 0 Å². The smallest absolute Gasteiger partial charge is 0.345 e. The monoisotopic (exact) mass is 434 g/mol. The zero-order valence-electron chi connectivity index (χ0n) is 13.6. The minimum absolute atomic E-state index is 0.209. The highest BCUT2D eigenvalue weighted by Crippen LogP contribution is 2.41. The molecule has 134 valence electrons. The van der Waals surface area contributed by atoms with Gasteiger partial charge >= 0.3 is 5.97 Å². The average molecular weight is 436 g/mol. The van der Waals surface area contributed by atoms with Gasteiger partial charge in [0.05, 0.1) is 15.6 Å². The van der Waals surface area contributed by atoms with Crippen LogP contribution in [-0.2, 0) is 0 Å². The van der Waals surface area contributed by atoms with Crippen molar-refractivity contribution < 1.29 is 9.53 Å². The fourth-order valence-electron chi connectivity index (χ4n) is 2.98. The molecule has 0 amide bonds. The molecule has 0 spiro atoms. The molecule has 0 aliphatic carbocycles. The van der Waals surface area contributed by atoms with Crippen molar-refractivity contribution in [2.45, 2.75) is 0 Å². The third-order valence-corrected chi connectivity index (χ3v) is 5.41. The summed E-state index contributed by atoms with van der Waals surface area (Å²) in [4.78, 5) is 12.8. The van der Waals surface area contributed by atoms with Crippen molar-refractivity contribution in [2.24, 2.45) is 0 Å². The summed E-state index contributed by atoms with van der Waals surface area (Å²) in [7, 11) is 0. The fourth-order valence-corrected chi connectivity index (χ4v) is 3.96. The lowest BCUT2D eigenvalue weighted by Gasteiger charge is -2.14. The van der Waals surface area contributed by atoms with Crippen LogP contribution in [-0.4, -0.2) is 5.97 Å². The van der Waals surface area contributed by atoms with Gasteiger partial charge in [0.25, 0.3) is 0 Å². The normalized spacial score (nSPS) is 11.1. The third-order valence-electron chi connectivity index (χ3n) is 4.22. The van der Waals surface area contributed by atoms with Crippen LogP contribution in [0.2, 0.25) is 20.1 Å². The number of fused-ring (bicyclic) bond motifs is 2. The molecule has 0 bridgehead atoms. The first kappa shape index (κ1) is 18.4. The zero-order chi connectivity index (χ0) is 19.1. The Morgan fingerprint density at radius 3 is 2.26 bits per heavy atom. The molecule has 0 fully saturated rings. The highest BCUT2D eigenvalue weighted by molar-refractivity contribution is 6.39. The summed E-state index contributed by atoms with van der Waals surface area (Å²) in [6.45, 7) is 0. The van der Waals surface area contributed by atoms with Crippen molar-refractivity contribution in [3.63, 3.8) is 0 Å². The van der Waals surface area contributed by atoms with Crippen LogP contribution in [0.3, 0.4) is 0 Å². The Morgan fingerprint density at radius 2 is 1.48 bits per heavy atom. The SMILES string of the molecule is O=C(Oc1c2cccc(Cl)c2cc2cccc(Cl)c12)c1ccc(Cl)cc1Cl. The highest BCUT2D eigenvalue weighted by atomic mass is 35.5. The van der Waals surface area contributed by atoms with E-state index in [-0.39, 0.29) is 10.6 Å². The minimum Gasteiger partial charge on any atom is -0.422 e. The second kappa shape index (κ2) is 7.21. The molecule has 0 heterocycles. The van der Waals surface area contributed by atoms with Gasteiger partial charge in [-0.1, -0.05) is 70.7 Å². The van der Waals surface area contributed by atoms with Gasteiger partial charge in [-0.05, 0) is 41.8 Å². The topological polar surface area (TPSA) is 26.3 Å². The van der Waals surface area contributed by atoms with Crippen LogP contribution < -0.4 is 4.74 Å². The molecule has 6 heteroatoms. The van der Waals surface area contributed by atoms with Crippen molar-refractivity contribution in [2.75, 3.05) is 0 Å². The number of ether oxygens (including phenoxy) is 1. The molecule has 0 unspecified atom stereocenters. The van der Waals surface area contributed by atoms with Crippen LogP contribution in [0.15, 0.2) is 60.7 Å². The van der Waals surface area contributed by atoms with E-state index >= 15 is 0 Å². The molecule has 0 saturated carbocycles.